The van der Waals surface area contributed by atoms with Gasteiger partial charge in [0, 0.05) is 17.2 Å². The maximum atomic E-state index is 5.67. The van der Waals surface area contributed by atoms with Crippen molar-refractivity contribution >= 4 is 23.2 Å². The van der Waals surface area contributed by atoms with E-state index in [4.69, 9.17) is 32.7 Å². The fourth-order valence-corrected chi connectivity index (χ4v) is 2.81. The van der Waals surface area contributed by atoms with Gasteiger partial charge in [-0.15, -0.1) is 23.2 Å². The molecule has 0 unspecified atom stereocenters. The average Bonchev–Trinajstić information content (AvgIpc) is 2.63. The van der Waals surface area contributed by atoms with Gasteiger partial charge >= 0.3 is 0 Å². The molecule has 0 spiro atoms. The first-order valence-electron chi connectivity index (χ1n) is 8.66. The second kappa shape index (κ2) is 9.94. The molecule has 2 aromatic rings. The Labute approximate surface area is 161 Å². The summed E-state index contributed by atoms with van der Waals surface area (Å²) in [6.07, 6.45) is 1.71. The Balaban J connectivity index is 2.04. The van der Waals surface area contributed by atoms with Gasteiger partial charge in [-0.05, 0) is 48.2 Å². The van der Waals surface area contributed by atoms with Crippen LogP contribution in [0, 0.1) is 0 Å². The fourth-order valence-electron chi connectivity index (χ4n) is 2.59. The van der Waals surface area contributed by atoms with E-state index in [0.29, 0.717) is 25.0 Å². The van der Waals surface area contributed by atoms with Crippen molar-refractivity contribution in [2.24, 2.45) is 0 Å². The van der Waals surface area contributed by atoms with Crippen molar-refractivity contribution in [1.82, 2.24) is 0 Å². The van der Waals surface area contributed by atoms with Gasteiger partial charge in [0.15, 0.2) is 0 Å². The maximum Gasteiger partial charge on any atom is 0.119 e. The molecule has 0 bridgehead atoms. The van der Waals surface area contributed by atoms with Crippen molar-refractivity contribution < 1.29 is 9.47 Å². The molecule has 25 heavy (non-hydrogen) atoms. The number of benzene rings is 2. The van der Waals surface area contributed by atoms with Crippen LogP contribution in [0.15, 0.2) is 48.5 Å². The van der Waals surface area contributed by atoms with Crippen molar-refractivity contribution in [3.8, 4) is 11.5 Å². The zero-order valence-corrected chi connectivity index (χ0v) is 16.4. The highest BCUT2D eigenvalue weighted by atomic mass is 35.5. The summed E-state index contributed by atoms with van der Waals surface area (Å²) in [7, 11) is 0. The number of rotatable bonds is 10. The van der Waals surface area contributed by atoms with Crippen molar-refractivity contribution in [2.75, 3.05) is 25.0 Å². The molecule has 4 heteroatoms. The molecule has 0 N–H and O–H groups in total. The molecule has 136 valence electrons. The van der Waals surface area contributed by atoms with E-state index in [2.05, 4.69) is 38.1 Å². The lowest BCUT2D eigenvalue weighted by Gasteiger charge is -2.26. The third kappa shape index (κ3) is 5.83. The monoisotopic (exact) mass is 380 g/mol. The van der Waals surface area contributed by atoms with Crippen molar-refractivity contribution in [2.45, 2.75) is 32.1 Å². The van der Waals surface area contributed by atoms with Gasteiger partial charge in [0.2, 0.25) is 0 Å². The topological polar surface area (TPSA) is 18.5 Å². The second-order valence-corrected chi connectivity index (χ2v) is 7.21. The van der Waals surface area contributed by atoms with Gasteiger partial charge < -0.3 is 9.47 Å². The molecular formula is C21H26Cl2O2. The lowest BCUT2D eigenvalue weighted by molar-refractivity contribution is 0.318. The van der Waals surface area contributed by atoms with Crippen LogP contribution in [0.4, 0.5) is 0 Å². The van der Waals surface area contributed by atoms with Crippen LogP contribution in [0.3, 0.4) is 0 Å². The Morgan fingerprint density at radius 1 is 0.680 bits per heavy atom. The highest BCUT2D eigenvalue weighted by Crippen LogP contribution is 2.33. The molecule has 2 nitrogen and oxygen atoms in total. The third-order valence-electron chi connectivity index (χ3n) is 4.25. The van der Waals surface area contributed by atoms with Gasteiger partial charge in [-0.1, -0.05) is 38.1 Å². The van der Waals surface area contributed by atoms with E-state index in [-0.39, 0.29) is 5.41 Å². The van der Waals surface area contributed by atoms with Gasteiger partial charge in [0.05, 0.1) is 13.2 Å². The van der Waals surface area contributed by atoms with Gasteiger partial charge in [0.25, 0.3) is 0 Å². The van der Waals surface area contributed by atoms with Gasteiger partial charge in [-0.3, -0.25) is 0 Å². The van der Waals surface area contributed by atoms with Crippen molar-refractivity contribution in [3.63, 3.8) is 0 Å². The molecule has 0 heterocycles. The van der Waals surface area contributed by atoms with Crippen molar-refractivity contribution in [1.29, 1.82) is 0 Å². The smallest absolute Gasteiger partial charge is 0.119 e. The molecule has 2 aromatic carbocycles. The van der Waals surface area contributed by atoms with E-state index in [0.717, 1.165) is 24.3 Å². The quantitative estimate of drug-likeness (QED) is 0.370. The first-order valence-corrected chi connectivity index (χ1v) is 9.73. The van der Waals surface area contributed by atoms with Crippen LogP contribution >= 0.6 is 23.2 Å². The lowest BCUT2D eigenvalue weighted by Crippen LogP contribution is -2.18. The largest absolute Gasteiger partial charge is 0.494 e. The Kier molecular flexibility index (Phi) is 7.92. The summed E-state index contributed by atoms with van der Waals surface area (Å²) in [5, 5.41) is 0. The first-order chi connectivity index (χ1) is 12.1. The summed E-state index contributed by atoms with van der Waals surface area (Å²) < 4.78 is 11.3. The Morgan fingerprint density at radius 3 is 1.36 bits per heavy atom. The summed E-state index contributed by atoms with van der Waals surface area (Å²) in [6.45, 7) is 5.74. The normalized spacial score (nSPS) is 11.4. The van der Waals surface area contributed by atoms with Gasteiger partial charge in [-0.25, -0.2) is 0 Å². The Morgan fingerprint density at radius 2 is 1.04 bits per heavy atom. The Hall–Kier alpha value is -1.38. The summed E-state index contributed by atoms with van der Waals surface area (Å²) in [4.78, 5) is 0. The molecule has 0 aromatic heterocycles. The van der Waals surface area contributed by atoms with Crippen LogP contribution in [-0.4, -0.2) is 25.0 Å². The zero-order chi connectivity index (χ0) is 18.1. The van der Waals surface area contributed by atoms with Crippen molar-refractivity contribution in [3.05, 3.63) is 59.7 Å². The zero-order valence-electron chi connectivity index (χ0n) is 14.9. The van der Waals surface area contributed by atoms with Crippen LogP contribution in [0.25, 0.3) is 0 Å². The molecule has 0 fully saturated rings. The lowest BCUT2D eigenvalue weighted by atomic mass is 9.78. The van der Waals surface area contributed by atoms with Crippen LogP contribution in [0.2, 0.25) is 0 Å². The van der Waals surface area contributed by atoms with E-state index >= 15 is 0 Å². The van der Waals surface area contributed by atoms with E-state index in [9.17, 15) is 0 Å². The third-order valence-corrected chi connectivity index (χ3v) is 4.78. The van der Waals surface area contributed by atoms with Crippen LogP contribution in [0.1, 0.15) is 37.8 Å². The standard InChI is InChI=1S/C21H26Cl2O2/c1-21(2,17-5-9-19(10-6-17)24-15-3-13-22)18-7-11-20(12-8-18)25-16-4-14-23/h5-12H,3-4,13-16H2,1-2H3. The average molecular weight is 381 g/mol. The summed E-state index contributed by atoms with van der Waals surface area (Å²) >= 11 is 11.3. The molecule has 0 radical (unpaired) electrons. The van der Waals surface area contributed by atoms with E-state index in [1.54, 1.807) is 0 Å². The molecule has 0 saturated carbocycles. The minimum Gasteiger partial charge on any atom is -0.494 e. The number of alkyl halides is 2. The predicted octanol–water partition coefficient (Wildman–Crippen LogP) is 6.03. The number of hydrogen-bond donors (Lipinski definition) is 0. The molecule has 0 amide bonds. The van der Waals surface area contributed by atoms with Crippen LogP contribution in [-0.2, 0) is 5.41 Å². The van der Waals surface area contributed by atoms with Crippen LogP contribution < -0.4 is 9.47 Å². The second-order valence-electron chi connectivity index (χ2n) is 6.46. The predicted molar refractivity (Wildman–Crippen MR) is 107 cm³/mol. The molecule has 0 aliphatic carbocycles. The summed E-state index contributed by atoms with van der Waals surface area (Å²) in [5.74, 6) is 3.01. The fraction of sp³-hybridized carbons (Fsp3) is 0.429. The maximum absolute atomic E-state index is 5.67. The van der Waals surface area contributed by atoms with Gasteiger partial charge in [0.1, 0.15) is 11.5 Å². The molecular weight excluding hydrogens is 355 g/mol. The number of ether oxygens (including phenoxy) is 2. The minimum absolute atomic E-state index is 0.0939. The Bertz CT molecular complexity index is 566. The van der Waals surface area contributed by atoms with E-state index in [1.807, 2.05) is 24.3 Å². The molecule has 0 saturated heterocycles. The molecule has 0 aliphatic rings. The number of hydrogen-bond acceptors (Lipinski definition) is 2. The van der Waals surface area contributed by atoms with E-state index in [1.165, 1.54) is 11.1 Å². The van der Waals surface area contributed by atoms with E-state index < -0.39 is 0 Å². The number of halogens is 2. The SMILES string of the molecule is CC(C)(c1ccc(OCCCCl)cc1)c1ccc(OCCCCl)cc1. The molecule has 0 aliphatic heterocycles. The molecule has 2 rings (SSSR count). The highest BCUT2D eigenvalue weighted by Gasteiger charge is 2.23. The van der Waals surface area contributed by atoms with Gasteiger partial charge in [-0.2, -0.15) is 0 Å². The first kappa shape index (κ1) is 19.9. The minimum atomic E-state index is -0.0939. The highest BCUT2D eigenvalue weighted by molar-refractivity contribution is 6.18. The van der Waals surface area contributed by atoms with Crippen LogP contribution in [0.5, 0.6) is 11.5 Å². The summed E-state index contributed by atoms with van der Waals surface area (Å²) in [6, 6.07) is 16.6. The summed E-state index contributed by atoms with van der Waals surface area (Å²) in [5.41, 5.74) is 2.39. The molecule has 0 atom stereocenters.